The zero-order chi connectivity index (χ0) is 66.7. The van der Waals surface area contributed by atoms with E-state index >= 15 is 0 Å². The molecule has 0 fully saturated rings. The summed E-state index contributed by atoms with van der Waals surface area (Å²) in [6.45, 7) is 2.81. The number of hydrogen-bond acceptors (Lipinski definition) is 29. The van der Waals surface area contributed by atoms with Gasteiger partial charge in [0.1, 0.15) is 26.1 Å². The fourth-order valence-electron chi connectivity index (χ4n) is 8.00. The third kappa shape index (κ3) is 23.8. The number of nitrogens with zero attached hydrogens (tertiary/aromatic N) is 2. The van der Waals surface area contributed by atoms with Gasteiger partial charge in [-0.25, -0.2) is 0 Å². The number of carbonyl (C=O) groups excluding carboxylic acids is 6. The van der Waals surface area contributed by atoms with Crippen LogP contribution in [-0.2, 0) is 74.7 Å². The molecular formula is C55H73N4O25PS3. The first-order valence-corrected chi connectivity index (χ1v) is 31.4. The number of fused-ring (bicyclic) bond motifs is 4. The van der Waals surface area contributed by atoms with Gasteiger partial charge in [-0.15, -0.1) is 0 Å². The molecule has 29 nitrogen and oxygen atoms in total. The number of aromatic hydroxyl groups is 1. The molecule has 4 aromatic carbocycles. The van der Waals surface area contributed by atoms with Gasteiger partial charge in [-0.1, -0.05) is 28.8 Å². The molecule has 1 atom stereocenters. The van der Waals surface area contributed by atoms with Crippen LogP contribution in [0.25, 0.3) is 0 Å². The summed E-state index contributed by atoms with van der Waals surface area (Å²) in [5.74, 6) is -1.09. The Labute approximate surface area is 513 Å². The second kappa shape index (κ2) is 41.7. The molecule has 0 aromatic heterocycles. The molecule has 14 N–H and O–H groups in total. The van der Waals surface area contributed by atoms with Crippen LogP contribution in [-0.4, -0.2) is 216 Å². The molecule has 33 heteroatoms. The summed E-state index contributed by atoms with van der Waals surface area (Å²) in [7, 11) is -10.3. The number of aliphatic hydroxyl groups is 11. The van der Waals surface area contributed by atoms with E-state index in [0.717, 1.165) is 39.0 Å². The van der Waals surface area contributed by atoms with Gasteiger partial charge in [0.2, 0.25) is 24.9 Å². The van der Waals surface area contributed by atoms with E-state index in [9.17, 15) is 45.7 Å². The van der Waals surface area contributed by atoms with Crippen LogP contribution in [0.15, 0.2) is 100 Å². The number of Topliss-reactive ketones (excluding diaryl/α,β-unsaturated/α-hetero) is 4. The first kappa shape index (κ1) is 79.5. The number of aliphatic hydroxyl groups excluding tert-OH is 10. The molecular weight excluding hydrogens is 1240 g/mol. The molecule has 0 spiro atoms. The number of aryl methyl sites for hydroxylation is 1. The van der Waals surface area contributed by atoms with E-state index in [1.165, 1.54) is 36.4 Å². The zero-order valence-electron chi connectivity index (χ0n) is 47.7. The number of phenols is 1. The number of benzene rings is 4. The monoisotopic (exact) mass is 1320 g/mol. The Balaban J connectivity index is 0.000000706. The van der Waals surface area contributed by atoms with Gasteiger partial charge >= 0.3 is 20.4 Å². The lowest BCUT2D eigenvalue weighted by molar-refractivity contribution is -0.0987. The third-order valence-corrected chi connectivity index (χ3v) is 15.1. The van der Waals surface area contributed by atoms with Crippen molar-refractivity contribution in [3.05, 3.63) is 140 Å². The Kier molecular flexibility index (Phi) is 37.7. The van der Waals surface area contributed by atoms with Crippen LogP contribution in [0.5, 0.6) is 5.75 Å². The van der Waals surface area contributed by atoms with Gasteiger partial charge in [0.25, 0.3) is 0 Å². The maximum absolute atomic E-state index is 13.2. The Hall–Kier alpha value is -6.47. The van der Waals surface area contributed by atoms with E-state index in [0.29, 0.717) is 51.9 Å². The summed E-state index contributed by atoms with van der Waals surface area (Å²) in [4.78, 5) is 67.2. The SMILES string of the molecule is C=O.C=O.Cc1ccc2c(c1)N/C(=C1/Cc3cc(O)ccc3C1=O)C2=O.O=C1/C(=C2\Nc3cc(S(=O)(=O)ON(CCO)CCO)ccc3C2=O)Cc2cc(COS(=O)(=O)N(CCO)CCO)ccc21.O=[P+]([S-])CO.OCCCCO.OCCCO.OCO. The number of hydrogen-bond donors (Lipinski definition) is 14. The van der Waals surface area contributed by atoms with E-state index in [1.807, 2.05) is 32.6 Å². The van der Waals surface area contributed by atoms with Crippen LogP contribution >= 0.6 is 7.00 Å². The molecule has 2 aliphatic carbocycles. The first-order chi connectivity index (χ1) is 42.0. The van der Waals surface area contributed by atoms with Crippen molar-refractivity contribution in [3.63, 3.8) is 0 Å². The molecule has 0 amide bonds. The summed E-state index contributed by atoms with van der Waals surface area (Å²) in [6.07, 6.45) is 1.98. The van der Waals surface area contributed by atoms with Gasteiger partial charge in [0.15, 0.2) is 11.6 Å². The fourth-order valence-corrected chi connectivity index (χ4v) is 10.1. The lowest BCUT2D eigenvalue weighted by Gasteiger charge is -2.19. The number of rotatable bonds is 21. The smallest absolute Gasteiger partial charge is 0.338 e. The summed E-state index contributed by atoms with van der Waals surface area (Å²) in [5.41, 5.74) is 6.24. The topological polar surface area (TPSA) is 480 Å². The lowest BCUT2D eigenvalue weighted by atomic mass is 10.0. The van der Waals surface area contributed by atoms with E-state index in [-0.39, 0.29) is 117 Å². The van der Waals surface area contributed by atoms with E-state index in [1.54, 1.807) is 24.3 Å². The van der Waals surface area contributed by atoms with Gasteiger partial charge in [-0.3, -0.25) is 23.4 Å². The van der Waals surface area contributed by atoms with Gasteiger partial charge in [0.05, 0.1) is 60.7 Å². The number of anilines is 2. The molecule has 88 heavy (non-hydrogen) atoms. The van der Waals surface area contributed by atoms with Crippen molar-refractivity contribution in [1.82, 2.24) is 9.37 Å². The number of allylic oxidation sites excluding steroid dienone is 4. The number of ketones is 4. The highest BCUT2D eigenvalue weighted by atomic mass is 32.7. The molecule has 4 aromatic rings. The summed E-state index contributed by atoms with van der Waals surface area (Å²) in [5, 5.41) is 107. The Morgan fingerprint density at radius 2 is 0.977 bits per heavy atom. The molecule has 1 unspecified atom stereocenters. The Morgan fingerprint density at radius 1 is 0.557 bits per heavy atom. The van der Waals surface area contributed by atoms with E-state index < -0.39 is 72.2 Å². The number of phenolic OH excluding ortho intramolecular Hbond substituents is 1. The van der Waals surface area contributed by atoms with Crippen molar-refractivity contribution < 1.29 is 120 Å². The summed E-state index contributed by atoms with van der Waals surface area (Å²) in [6, 6.07) is 18.5. The molecule has 8 rings (SSSR count). The summed E-state index contributed by atoms with van der Waals surface area (Å²) < 4.78 is 70.8. The van der Waals surface area contributed by atoms with Crippen molar-refractivity contribution in [3.8, 4) is 5.75 Å². The molecule has 2 heterocycles. The number of unbranched alkanes of at least 4 members (excludes halogenated alkanes) is 1. The van der Waals surface area contributed by atoms with Gasteiger partial charge in [-0.05, 0) is 97.0 Å². The first-order valence-electron chi connectivity index (χ1n) is 26.1. The minimum absolute atomic E-state index is 0.0159. The zero-order valence-corrected chi connectivity index (χ0v) is 51.1. The maximum Gasteiger partial charge on any atom is 0.338 e. The Morgan fingerprint density at radius 3 is 1.41 bits per heavy atom. The second-order valence-corrected chi connectivity index (χ2v) is 23.1. The Bertz CT molecular complexity index is 3160. The lowest BCUT2D eigenvalue weighted by Crippen LogP contribution is -2.36. The van der Waals surface area contributed by atoms with Crippen LogP contribution in [0.2, 0.25) is 0 Å². The van der Waals surface area contributed by atoms with Gasteiger partial charge < -0.3 is 93.7 Å². The molecule has 486 valence electrons. The third-order valence-electron chi connectivity index (χ3n) is 11.8. The largest absolute Gasteiger partial charge is 0.508 e. The van der Waals surface area contributed by atoms with Crippen LogP contribution in [0.1, 0.15) is 82.9 Å². The molecule has 0 saturated carbocycles. The van der Waals surface area contributed by atoms with Crippen molar-refractivity contribution in [2.24, 2.45) is 0 Å². The quantitative estimate of drug-likeness (QED) is 0.0129. The molecule has 2 aliphatic heterocycles. The number of hydroxylamine groups is 2. The van der Waals surface area contributed by atoms with Gasteiger partial charge in [0, 0.05) is 98.8 Å². The average molecular weight is 1320 g/mol. The maximum atomic E-state index is 13.2. The highest BCUT2D eigenvalue weighted by Crippen LogP contribution is 2.38. The van der Waals surface area contributed by atoms with Crippen molar-refractivity contribution in [1.29, 1.82) is 0 Å². The predicted octanol–water partition coefficient (Wildman–Crippen LogP) is -0.159. The van der Waals surface area contributed by atoms with Crippen LogP contribution in [0, 0.1) is 6.92 Å². The fraction of sp³-hybridized carbons (Fsp3) is 0.382. The standard InChI is InChI=1S/C26H31N3O12S2.C18H13NO3.C4H10O2.C3H8O2.CH3O2PS.CH4O2.2CH2O/c30-9-5-28(6-10-31)41-42(36,37)19-2-4-21-23(15-19)27-24(26(21)35)22-14-18-13-17(1-3-20(18)25(22)34)16-40-43(38,39)29(7-11-32)8-12-33;1-9-2-4-13-15(6-9)19-16(18(13)22)14-8-10-7-11(20)3-5-12(10)17(14)21;5-3-1-2-4-6;4-2-1-3-5;2-1-4(3)5;2-1-3;2*1-2/h1-4,13,15,27,30-33H,5-12,14,16H2;2-7,19-20H,8H2,1H3;5-6H,1-4H2;4-5H,1-3H2;2H,1H2;2-3H,1H2;2*1H2/b24-22-;16-14-;;;;;;. The molecule has 4 aliphatic rings. The second-order valence-electron chi connectivity index (χ2n) is 17.8. The van der Waals surface area contributed by atoms with Gasteiger partial charge in [-0.2, -0.15) is 30.5 Å². The highest BCUT2D eigenvalue weighted by molar-refractivity contribution is 8.27. The van der Waals surface area contributed by atoms with Crippen LogP contribution in [0.3, 0.4) is 0 Å². The predicted molar refractivity (Wildman–Crippen MR) is 319 cm³/mol. The number of carbonyl (C=O) groups is 6. The van der Waals surface area contributed by atoms with Crippen molar-refractivity contribution in [2.75, 3.05) is 103 Å². The van der Waals surface area contributed by atoms with Crippen molar-refractivity contribution >= 4 is 87.8 Å². The van der Waals surface area contributed by atoms with Crippen LogP contribution in [0.4, 0.5) is 11.4 Å². The average Bonchev–Trinajstić information content (AvgIpc) is 2.70. The van der Waals surface area contributed by atoms with E-state index in [2.05, 4.69) is 22.9 Å². The number of nitrogens with one attached hydrogen (secondary N) is 2. The molecule has 0 bridgehead atoms. The normalized spacial score (nSPS) is 15.0. The van der Waals surface area contributed by atoms with Crippen molar-refractivity contribution in [2.45, 2.75) is 50.5 Å². The summed E-state index contributed by atoms with van der Waals surface area (Å²) >= 11 is 4.04. The minimum Gasteiger partial charge on any atom is -0.508 e. The molecule has 0 radical (unpaired) electrons. The van der Waals surface area contributed by atoms with E-state index in [4.69, 9.17) is 74.2 Å². The molecule has 0 saturated heterocycles. The highest BCUT2D eigenvalue weighted by Gasteiger charge is 2.37. The minimum atomic E-state index is -4.38. The van der Waals surface area contributed by atoms with Crippen LogP contribution < -0.4 is 10.6 Å².